The monoisotopic (exact) mass is 351 g/mol. The van der Waals surface area contributed by atoms with Crippen LogP contribution in [0.2, 0.25) is 5.02 Å². The smallest absolute Gasteiger partial charge is 0.301 e. The summed E-state index contributed by atoms with van der Waals surface area (Å²) >= 11 is 8.22. The van der Waals surface area contributed by atoms with Gasteiger partial charge in [-0.15, -0.1) is 10.2 Å². The molecule has 1 heterocycles. The minimum absolute atomic E-state index is 0.179. The molecule has 112 valence electrons. The number of nitrogens with zero attached hydrogens (tertiary/aromatic N) is 2. The van der Waals surface area contributed by atoms with Gasteiger partial charge in [0.25, 0.3) is 0 Å². The summed E-state index contributed by atoms with van der Waals surface area (Å²) in [5, 5.41) is 12.0. The number of hydrogen-bond donors (Lipinski definition) is 1. The highest BCUT2D eigenvalue weighted by atomic mass is 35.5. The summed E-state index contributed by atoms with van der Waals surface area (Å²) in [4.78, 5) is 0. The Balaban J connectivity index is 1.87. The van der Waals surface area contributed by atoms with E-state index in [4.69, 9.17) is 11.6 Å². The Bertz CT molecular complexity index is 627. The van der Waals surface area contributed by atoms with Gasteiger partial charge in [0.15, 0.2) is 10.2 Å². The third-order valence-electron chi connectivity index (χ3n) is 2.25. The largest absolute Gasteiger partial charge is 0.330 e. The summed E-state index contributed by atoms with van der Waals surface area (Å²) in [5.74, 6) is -1.20. The molecule has 2 rings (SSSR count). The van der Waals surface area contributed by atoms with Crippen molar-refractivity contribution in [3.63, 3.8) is 0 Å². The molecule has 0 radical (unpaired) electrons. The van der Waals surface area contributed by atoms with Gasteiger partial charge in [0.1, 0.15) is 0 Å². The highest BCUT2D eigenvalue weighted by Gasteiger charge is 2.08. The third-order valence-corrected chi connectivity index (χ3v) is 4.48. The van der Waals surface area contributed by atoms with Gasteiger partial charge in [0.2, 0.25) is 5.13 Å². The molecule has 3 nitrogen and oxygen atoms in total. The van der Waals surface area contributed by atoms with Crippen LogP contribution in [0.15, 0.2) is 40.5 Å². The molecule has 0 aliphatic rings. The Labute approximate surface area is 132 Å². The van der Waals surface area contributed by atoms with Crippen LogP contribution in [-0.2, 0) is 0 Å². The predicted octanol–water partition coefficient (Wildman–Crippen LogP) is 5.49. The van der Waals surface area contributed by atoms with Crippen LogP contribution in [0, 0.1) is 0 Å². The normalized spacial score (nSPS) is 10.5. The summed E-state index contributed by atoms with van der Waals surface area (Å²) in [6.45, 7) is 0. The fraction of sp³-hybridized carbons (Fsp3) is 0.167. The number of aromatic nitrogens is 2. The summed E-state index contributed by atoms with van der Waals surface area (Å²) in [6, 6.07) is 7.06. The molecule has 0 aliphatic heterocycles. The minimum atomic E-state index is -2.27. The average molecular weight is 352 g/mol. The molecule has 0 aliphatic carbocycles. The van der Waals surface area contributed by atoms with Gasteiger partial charge < -0.3 is 5.32 Å². The predicted molar refractivity (Wildman–Crippen MR) is 80.3 cm³/mol. The summed E-state index contributed by atoms with van der Waals surface area (Å²) in [7, 11) is 0. The van der Waals surface area contributed by atoms with Crippen molar-refractivity contribution in [2.75, 3.05) is 11.1 Å². The second-order valence-corrected chi connectivity index (χ2v) is 6.52. The van der Waals surface area contributed by atoms with Gasteiger partial charge in [-0.2, -0.15) is 8.78 Å². The van der Waals surface area contributed by atoms with E-state index in [-0.39, 0.29) is 12.2 Å². The lowest BCUT2D eigenvalue weighted by Crippen LogP contribution is -1.88. The molecular formula is C12H9ClF3N3S2. The van der Waals surface area contributed by atoms with E-state index in [0.717, 1.165) is 5.69 Å². The van der Waals surface area contributed by atoms with Crippen LogP contribution in [0.3, 0.4) is 0 Å². The van der Waals surface area contributed by atoms with Gasteiger partial charge in [-0.25, -0.2) is 4.39 Å². The molecule has 1 aromatic carbocycles. The number of benzene rings is 1. The molecule has 0 amide bonds. The second kappa shape index (κ2) is 7.67. The molecule has 1 N–H and O–H groups in total. The zero-order chi connectivity index (χ0) is 15.2. The molecule has 0 unspecified atom stereocenters. The first-order valence-electron chi connectivity index (χ1n) is 5.73. The maximum Gasteiger partial charge on any atom is 0.301 e. The first-order chi connectivity index (χ1) is 10.0. The average Bonchev–Trinajstić information content (AvgIpc) is 2.89. The third kappa shape index (κ3) is 5.22. The van der Waals surface area contributed by atoms with Crippen LogP contribution in [0.5, 0.6) is 0 Å². The van der Waals surface area contributed by atoms with E-state index < -0.39 is 11.9 Å². The van der Waals surface area contributed by atoms with Crippen molar-refractivity contribution in [2.24, 2.45) is 0 Å². The Hall–Kier alpha value is -1.25. The fourth-order valence-corrected chi connectivity index (χ4v) is 3.20. The highest BCUT2D eigenvalue weighted by Crippen LogP contribution is 2.29. The zero-order valence-corrected chi connectivity index (χ0v) is 12.8. The van der Waals surface area contributed by atoms with Gasteiger partial charge >= 0.3 is 6.08 Å². The van der Waals surface area contributed by atoms with E-state index in [0.29, 0.717) is 14.5 Å². The summed E-state index contributed by atoms with van der Waals surface area (Å²) < 4.78 is 37.0. The summed E-state index contributed by atoms with van der Waals surface area (Å²) in [5.41, 5.74) is 0.806. The lowest BCUT2D eigenvalue weighted by atomic mass is 10.3. The number of thioether (sulfide) groups is 1. The van der Waals surface area contributed by atoms with E-state index in [2.05, 4.69) is 15.5 Å². The minimum Gasteiger partial charge on any atom is -0.330 e. The number of nitrogens with one attached hydrogen (secondary N) is 1. The van der Waals surface area contributed by atoms with Gasteiger partial charge in [-0.3, -0.25) is 0 Å². The topological polar surface area (TPSA) is 37.8 Å². The Kier molecular flexibility index (Phi) is 5.89. The van der Waals surface area contributed by atoms with Crippen LogP contribution in [-0.4, -0.2) is 16.0 Å². The number of halogens is 4. The lowest BCUT2D eigenvalue weighted by Gasteiger charge is -2.00. The molecule has 0 saturated heterocycles. The Morgan fingerprint density at radius 3 is 2.57 bits per heavy atom. The van der Waals surface area contributed by atoms with Crippen molar-refractivity contribution in [1.82, 2.24) is 10.2 Å². The van der Waals surface area contributed by atoms with Gasteiger partial charge in [0, 0.05) is 22.9 Å². The highest BCUT2D eigenvalue weighted by molar-refractivity contribution is 8.01. The Morgan fingerprint density at radius 2 is 1.90 bits per heavy atom. The van der Waals surface area contributed by atoms with Crippen LogP contribution in [0.25, 0.3) is 0 Å². The lowest BCUT2D eigenvalue weighted by molar-refractivity contribution is 0.373. The number of hydrogen-bond acceptors (Lipinski definition) is 5. The first kappa shape index (κ1) is 16.1. The molecule has 2 aromatic rings. The molecule has 21 heavy (non-hydrogen) atoms. The molecule has 0 saturated carbocycles. The van der Waals surface area contributed by atoms with Crippen molar-refractivity contribution in [1.29, 1.82) is 0 Å². The quantitative estimate of drug-likeness (QED) is 0.698. The van der Waals surface area contributed by atoms with E-state index in [1.807, 2.05) is 0 Å². The van der Waals surface area contributed by atoms with Crippen LogP contribution >= 0.6 is 34.7 Å². The molecule has 1 aromatic heterocycles. The molecule has 9 heteroatoms. The number of allylic oxidation sites excluding steroid dienone is 1. The van der Waals surface area contributed by atoms with Crippen LogP contribution in [0.4, 0.5) is 24.0 Å². The van der Waals surface area contributed by atoms with Crippen molar-refractivity contribution in [2.45, 2.75) is 10.8 Å². The molecular weight excluding hydrogens is 343 g/mol. The molecule has 0 atom stereocenters. The van der Waals surface area contributed by atoms with Crippen LogP contribution < -0.4 is 5.32 Å². The van der Waals surface area contributed by atoms with Crippen molar-refractivity contribution in [3.8, 4) is 0 Å². The first-order valence-corrected chi connectivity index (χ1v) is 7.91. The maximum absolute atomic E-state index is 12.6. The van der Waals surface area contributed by atoms with E-state index >= 15 is 0 Å². The number of anilines is 2. The standard InChI is InChI=1S/C12H9ClF3N3S2/c13-7-1-3-8(4-2-7)17-11-18-19-12(21-11)20-6-5-9(14)10(15)16/h1-4H,5-6H2,(H,17,18). The zero-order valence-electron chi connectivity index (χ0n) is 10.4. The van der Waals surface area contributed by atoms with Gasteiger partial charge in [-0.1, -0.05) is 34.7 Å². The molecule has 0 bridgehead atoms. The summed E-state index contributed by atoms with van der Waals surface area (Å²) in [6.07, 6.45) is -2.59. The SMILES string of the molecule is FC(F)=C(F)CCSc1nnc(Nc2ccc(Cl)cc2)s1. The van der Waals surface area contributed by atoms with Crippen molar-refractivity contribution < 1.29 is 13.2 Å². The maximum atomic E-state index is 12.6. The molecule has 0 fully saturated rings. The van der Waals surface area contributed by atoms with Gasteiger partial charge in [-0.05, 0) is 24.3 Å². The van der Waals surface area contributed by atoms with Crippen molar-refractivity contribution >= 4 is 45.5 Å². The fourth-order valence-electron chi connectivity index (χ4n) is 1.30. The second-order valence-electron chi connectivity index (χ2n) is 3.77. The van der Waals surface area contributed by atoms with Crippen molar-refractivity contribution in [3.05, 3.63) is 41.2 Å². The van der Waals surface area contributed by atoms with E-state index in [9.17, 15) is 13.2 Å². The number of rotatable bonds is 6. The van der Waals surface area contributed by atoms with Gasteiger partial charge in [0.05, 0.1) is 0 Å². The Morgan fingerprint density at radius 1 is 1.19 bits per heavy atom. The van der Waals surface area contributed by atoms with Crippen LogP contribution in [0.1, 0.15) is 6.42 Å². The van der Waals surface area contributed by atoms with E-state index in [1.165, 1.54) is 23.1 Å². The molecule has 0 spiro atoms. The van der Waals surface area contributed by atoms with E-state index in [1.54, 1.807) is 24.3 Å².